The molecule has 0 radical (unpaired) electrons. The first kappa shape index (κ1) is 15.5. The van der Waals surface area contributed by atoms with Crippen LogP contribution in [-0.4, -0.2) is 0 Å². The van der Waals surface area contributed by atoms with Crippen molar-refractivity contribution in [1.82, 2.24) is 0 Å². The molecule has 0 aliphatic carbocycles. The van der Waals surface area contributed by atoms with Gasteiger partial charge in [-0.15, -0.1) is 0 Å². The van der Waals surface area contributed by atoms with Gasteiger partial charge >= 0.3 is 0 Å². The van der Waals surface area contributed by atoms with Crippen LogP contribution in [0.3, 0.4) is 0 Å². The fourth-order valence-corrected chi connectivity index (χ4v) is 5.45. The third-order valence-electron chi connectivity index (χ3n) is 3.56. The van der Waals surface area contributed by atoms with Crippen molar-refractivity contribution in [1.29, 1.82) is 0 Å². The molecule has 2 aromatic carbocycles. The Kier molecular flexibility index (Phi) is 5.62. The van der Waals surface area contributed by atoms with E-state index in [0.717, 1.165) is 12.8 Å². The summed E-state index contributed by atoms with van der Waals surface area (Å²) in [6.45, 7) is 8.87. The van der Waals surface area contributed by atoms with E-state index in [0.29, 0.717) is 0 Å². The van der Waals surface area contributed by atoms with E-state index in [1.807, 2.05) is 21.6 Å². The largest absolute Gasteiger partial charge is 0.0617 e. The van der Waals surface area contributed by atoms with Crippen molar-refractivity contribution in [3.8, 4) is 0 Å². The van der Waals surface area contributed by atoms with Gasteiger partial charge in [-0.3, -0.25) is 0 Å². The molecule has 2 rings (SSSR count). The van der Waals surface area contributed by atoms with Crippen molar-refractivity contribution in [3.05, 3.63) is 58.7 Å². The van der Waals surface area contributed by atoms with Crippen molar-refractivity contribution in [2.45, 2.75) is 50.3 Å². The number of benzene rings is 2. The Balaban J connectivity index is 2.27. The van der Waals surface area contributed by atoms with Crippen LogP contribution in [-0.2, 0) is 12.8 Å². The van der Waals surface area contributed by atoms with Gasteiger partial charge in [0.15, 0.2) is 0 Å². The molecule has 0 bridgehead atoms. The lowest BCUT2D eigenvalue weighted by Crippen LogP contribution is -1.91. The number of aryl methyl sites for hydroxylation is 4. The lowest BCUT2D eigenvalue weighted by molar-refractivity contribution is 1.01. The summed E-state index contributed by atoms with van der Waals surface area (Å²) in [5.74, 6) is 0. The predicted octanol–water partition coefficient (Wildman–Crippen LogP) is 6.23. The zero-order valence-corrected chi connectivity index (χ0v) is 14.3. The van der Waals surface area contributed by atoms with E-state index in [2.05, 4.69) is 64.1 Å². The van der Waals surface area contributed by atoms with Gasteiger partial charge in [-0.2, -0.15) is 0 Å². The summed E-state index contributed by atoms with van der Waals surface area (Å²) in [4.78, 5) is 2.87. The fourth-order valence-electron chi connectivity index (χ4n) is 2.32. The third-order valence-corrected chi connectivity index (χ3v) is 6.39. The van der Waals surface area contributed by atoms with Crippen molar-refractivity contribution >= 4 is 21.6 Å². The second-order valence-electron chi connectivity index (χ2n) is 5.00. The first-order valence-electron chi connectivity index (χ1n) is 7.18. The Morgan fingerprint density at radius 2 is 1.15 bits per heavy atom. The van der Waals surface area contributed by atoms with Crippen LogP contribution in [0.2, 0.25) is 0 Å². The molecular weight excluding hydrogens is 280 g/mol. The number of rotatable bonds is 5. The summed E-state index contributed by atoms with van der Waals surface area (Å²) < 4.78 is 0. The average Bonchev–Trinajstić information content (AvgIpc) is 2.46. The van der Waals surface area contributed by atoms with Gasteiger partial charge in [0, 0.05) is 9.79 Å². The molecule has 0 atom stereocenters. The van der Waals surface area contributed by atoms with Gasteiger partial charge < -0.3 is 0 Å². The molecule has 2 heteroatoms. The molecule has 0 saturated carbocycles. The van der Waals surface area contributed by atoms with E-state index in [1.165, 1.54) is 32.0 Å². The standard InChI is InChI=1S/C18H22S2/c1-5-15-11-8-12-16(6-2)18(15)20-19-17-13(3)9-7-10-14(17)4/h7-12H,5-6H2,1-4H3. The molecular formula is C18H22S2. The van der Waals surface area contributed by atoms with Gasteiger partial charge in [0.25, 0.3) is 0 Å². The molecule has 2 aromatic rings. The number of hydrogen-bond donors (Lipinski definition) is 0. The average molecular weight is 303 g/mol. The first-order chi connectivity index (χ1) is 9.67. The van der Waals surface area contributed by atoms with Crippen molar-refractivity contribution in [2.75, 3.05) is 0 Å². The SMILES string of the molecule is CCc1cccc(CC)c1SSc1c(C)cccc1C. The van der Waals surface area contributed by atoms with Gasteiger partial charge in [0.05, 0.1) is 0 Å². The first-order valence-corrected chi connectivity index (χ1v) is 9.33. The second-order valence-corrected chi connectivity index (χ2v) is 7.15. The summed E-state index contributed by atoms with van der Waals surface area (Å²) in [5, 5.41) is 0. The van der Waals surface area contributed by atoms with Gasteiger partial charge in [-0.1, -0.05) is 71.8 Å². The smallest absolute Gasteiger partial charge is 0.0250 e. The van der Waals surface area contributed by atoms with Crippen LogP contribution in [0.5, 0.6) is 0 Å². The Hall–Kier alpha value is -0.860. The topological polar surface area (TPSA) is 0 Å². The molecule has 0 aromatic heterocycles. The fraction of sp³-hybridized carbons (Fsp3) is 0.333. The van der Waals surface area contributed by atoms with E-state index in [1.54, 1.807) is 0 Å². The lowest BCUT2D eigenvalue weighted by Gasteiger charge is -2.13. The minimum absolute atomic E-state index is 1.10. The Morgan fingerprint density at radius 3 is 1.65 bits per heavy atom. The van der Waals surface area contributed by atoms with E-state index >= 15 is 0 Å². The predicted molar refractivity (Wildman–Crippen MR) is 92.8 cm³/mol. The van der Waals surface area contributed by atoms with E-state index in [-0.39, 0.29) is 0 Å². The van der Waals surface area contributed by atoms with Crippen LogP contribution >= 0.6 is 21.6 Å². The maximum Gasteiger partial charge on any atom is 0.0250 e. The highest BCUT2D eigenvalue weighted by Gasteiger charge is 2.10. The normalized spacial score (nSPS) is 10.8. The molecule has 0 fully saturated rings. The van der Waals surface area contributed by atoms with Crippen LogP contribution in [0.4, 0.5) is 0 Å². The van der Waals surface area contributed by atoms with Crippen LogP contribution in [0, 0.1) is 13.8 Å². The van der Waals surface area contributed by atoms with E-state index in [9.17, 15) is 0 Å². The van der Waals surface area contributed by atoms with Gasteiger partial charge in [0.2, 0.25) is 0 Å². The van der Waals surface area contributed by atoms with Gasteiger partial charge in [-0.25, -0.2) is 0 Å². The monoisotopic (exact) mass is 302 g/mol. The van der Waals surface area contributed by atoms with E-state index < -0.39 is 0 Å². The summed E-state index contributed by atoms with van der Waals surface area (Å²) in [7, 11) is 3.82. The lowest BCUT2D eigenvalue weighted by atomic mass is 10.1. The molecule has 0 unspecified atom stereocenters. The highest BCUT2D eigenvalue weighted by atomic mass is 33.1. The molecule has 0 aliphatic heterocycles. The van der Waals surface area contributed by atoms with Crippen LogP contribution in [0.15, 0.2) is 46.2 Å². The quantitative estimate of drug-likeness (QED) is 0.601. The highest BCUT2D eigenvalue weighted by Crippen LogP contribution is 2.43. The molecule has 0 aliphatic rings. The van der Waals surface area contributed by atoms with Crippen LogP contribution in [0.1, 0.15) is 36.1 Å². The number of hydrogen-bond acceptors (Lipinski definition) is 2. The third kappa shape index (κ3) is 3.42. The molecule has 0 spiro atoms. The van der Waals surface area contributed by atoms with Gasteiger partial charge in [0.1, 0.15) is 0 Å². The van der Waals surface area contributed by atoms with E-state index in [4.69, 9.17) is 0 Å². The maximum atomic E-state index is 2.26. The maximum absolute atomic E-state index is 2.26. The molecule has 0 N–H and O–H groups in total. The van der Waals surface area contributed by atoms with Gasteiger partial charge in [-0.05, 0) is 48.9 Å². The molecule has 106 valence electrons. The molecule has 0 nitrogen and oxygen atoms in total. The minimum Gasteiger partial charge on any atom is -0.0617 e. The summed E-state index contributed by atoms with van der Waals surface area (Å²) in [6.07, 6.45) is 2.20. The van der Waals surface area contributed by atoms with Crippen molar-refractivity contribution in [2.24, 2.45) is 0 Å². The zero-order chi connectivity index (χ0) is 14.5. The van der Waals surface area contributed by atoms with Crippen molar-refractivity contribution < 1.29 is 0 Å². The molecule has 0 heterocycles. The molecule has 0 amide bonds. The molecule has 20 heavy (non-hydrogen) atoms. The summed E-state index contributed by atoms with van der Waals surface area (Å²) in [5.41, 5.74) is 5.67. The molecule has 0 saturated heterocycles. The minimum atomic E-state index is 1.10. The summed E-state index contributed by atoms with van der Waals surface area (Å²) in [6, 6.07) is 13.2. The zero-order valence-electron chi connectivity index (χ0n) is 12.7. The Bertz CT molecular complexity index is 545. The summed E-state index contributed by atoms with van der Waals surface area (Å²) >= 11 is 0. The second kappa shape index (κ2) is 7.24. The Labute approximate surface area is 130 Å². The highest BCUT2D eigenvalue weighted by molar-refractivity contribution is 8.76. The van der Waals surface area contributed by atoms with Crippen molar-refractivity contribution in [3.63, 3.8) is 0 Å². The van der Waals surface area contributed by atoms with Crippen LogP contribution in [0.25, 0.3) is 0 Å². The van der Waals surface area contributed by atoms with Crippen LogP contribution < -0.4 is 0 Å². The Morgan fingerprint density at radius 1 is 0.700 bits per heavy atom.